The summed E-state index contributed by atoms with van der Waals surface area (Å²) >= 11 is 0. The van der Waals surface area contributed by atoms with Crippen LogP contribution in [0, 0.1) is 5.92 Å². The number of hydrogen-bond acceptors (Lipinski definition) is 9. The average Bonchev–Trinajstić information content (AvgIpc) is 3.86. The topological polar surface area (TPSA) is 169 Å². The normalized spacial score (nSPS) is 17.7. The van der Waals surface area contributed by atoms with Crippen LogP contribution in [0.25, 0.3) is 21.9 Å². The molecule has 7 rings (SSSR count). The molecule has 1 fully saturated rings. The first-order chi connectivity index (χ1) is 22.2. The maximum atomic E-state index is 13.8. The zero-order chi connectivity index (χ0) is 32.0. The van der Waals surface area contributed by atoms with Crippen LogP contribution in [0.15, 0.2) is 72.4 Å². The summed E-state index contributed by atoms with van der Waals surface area (Å²) in [6, 6.07) is 7.27. The van der Waals surface area contributed by atoms with Crippen LogP contribution < -0.4 is 15.4 Å². The highest BCUT2D eigenvalue weighted by molar-refractivity contribution is 7.89. The Kier molecular flexibility index (Phi) is 7.65. The molecule has 0 aliphatic heterocycles. The molecule has 46 heavy (non-hydrogen) atoms. The van der Waals surface area contributed by atoms with Crippen molar-refractivity contribution in [2.24, 2.45) is 5.92 Å². The Morgan fingerprint density at radius 3 is 2.41 bits per heavy atom. The van der Waals surface area contributed by atoms with E-state index in [-0.39, 0.29) is 35.6 Å². The first kappa shape index (κ1) is 29.8. The standard InChI is InChI=1S/C33H32N8O4S/c1-18(2)14-39-46(44,45)29-12-23-26(40-32(42)20-4-3-7-34-15-20)13-27(30(23)24-17-37-25(11-22(24)29)19-5-6-19)41-33(43)21-10-28-31(38-16-21)36-9-8-35-28/h3-4,7-12,15-19,26-27,39H,5-6,13-14H2,1-2H3,(H,40,42)(H,41,43)/t26-,27-/m1/s1. The third-order valence-electron chi connectivity index (χ3n) is 8.36. The Balaban J connectivity index is 1.34. The van der Waals surface area contributed by atoms with Crippen molar-refractivity contribution in [3.05, 3.63) is 95.5 Å². The van der Waals surface area contributed by atoms with Gasteiger partial charge in [0.05, 0.1) is 28.1 Å². The van der Waals surface area contributed by atoms with Crippen LogP contribution in [-0.2, 0) is 10.0 Å². The van der Waals surface area contributed by atoms with Gasteiger partial charge in [-0.15, -0.1) is 0 Å². The fourth-order valence-electron chi connectivity index (χ4n) is 5.91. The van der Waals surface area contributed by atoms with Gasteiger partial charge < -0.3 is 10.6 Å². The van der Waals surface area contributed by atoms with Crippen LogP contribution in [0.1, 0.15) is 88.6 Å². The van der Waals surface area contributed by atoms with Gasteiger partial charge in [-0.1, -0.05) is 13.8 Å². The maximum absolute atomic E-state index is 13.8. The molecule has 1 saturated carbocycles. The second-order valence-electron chi connectivity index (χ2n) is 12.2. The predicted molar refractivity (Wildman–Crippen MR) is 170 cm³/mol. The quantitative estimate of drug-likeness (QED) is 0.215. The largest absolute Gasteiger partial charge is 0.345 e. The molecule has 2 amide bonds. The van der Waals surface area contributed by atoms with Gasteiger partial charge >= 0.3 is 0 Å². The third-order valence-corrected chi connectivity index (χ3v) is 9.82. The molecule has 1 aromatic carbocycles. The monoisotopic (exact) mass is 636 g/mol. The van der Waals surface area contributed by atoms with Gasteiger partial charge in [-0.3, -0.25) is 24.5 Å². The summed E-state index contributed by atoms with van der Waals surface area (Å²) in [5.74, 6) is -0.359. The van der Waals surface area contributed by atoms with Crippen molar-refractivity contribution >= 4 is 43.8 Å². The number of sulfonamides is 1. The zero-order valence-electron chi connectivity index (χ0n) is 25.3. The minimum Gasteiger partial charge on any atom is -0.345 e. The van der Waals surface area contributed by atoms with Gasteiger partial charge in [0, 0.05) is 66.1 Å². The molecular weight excluding hydrogens is 604 g/mol. The fourth-order valence-corrected chi connectivity index (χ4v) is 7.36. The van der Waals surface area contributed by atoms with E-state index < -0.39 is 22.1 Å². The van der Waals surface area contributed by atoms with Crippen LogP contribution in [0.4, 0.5) is 0 Å². The van der Waals surface area contributed by atoms with Crippen molar-refractivity contribution in [1.82, 2.24) is 40.3 Å². The van der Waals surface area contributed by atoms with E-state index in [1.165, 1.54) is 24.8 Å². The number of amides is 2. The Morgan fingerprint density at radius 2 is 1.65 bits per heavy atom. The summed E-state index contributed by atoms with van der Waals surface area (Å²) in [6.45, 7) is 4.15. The lowest BCUT2D eigenvalue weighted by Crippen LogP contribution is -2.30. The van der Waals surface area contributed by atoms with Gasteiger partial charge in [0.1, 0.15) is 5.52 Å². The first-order valence-electron chi connectivity index (χ1n) is 15.2. The van der Waals surface area contributed by atoms with Gasteiger partial charge in [0.25, 0.3) is 11.8 Å². The predicted octanol–water partition coefficient (Wildman–Crippen LogP) is 4.13. The van der Waals surface area contributed by atoms with Crippen LogP contribution in [0.2, 0.25) is 0 Å². The smallest absolute Gasteiger partial charge is 0.253 e. The van der Waals surface area contributed by atoms with E-state index in [9.17, 15) is 18.0 Å². The van der Waals surface area contributed by atoms with Gasteiger partial charge in [-0.25, -0.2) is 23.1 Å². The van der Waals surface area contributed by atoms with Crippen LogP contribution in [0.5, 0.6) is 0 Å². The molecule has 0 spiro atoms. The van der Waals surface area contributed by atoms with E-state index >= 15 is 0 Å². The second-order valence-corrected chi connectivity index (χ2v) is 13.9. The molecule has 0 saturated heterocycles. The summed E-state index contributed by atoms with van der Waals surface area (Å²) in [5.41, 5.74) is 3.72. The SMILES string of the molecule is CC(C)CNS(=O)(=O)c1cc2c(c3cnc(C4CC4)cc13)[C@H](NC(=O)c1cnc3nccnc3c1)C[C@H]2NC(=O)c1cccnc1. The lowest BCUT2D eigenvalue weighted by Gasteiger charge is -2.19. The van der Waals surface area contributed by atoms with Crippen LogP contribution in [-0.4, -0.2) is 51.7 Å². The molecule has 2 atom stereocenters. The molecule has 2 aliphatic carbocycles. The Bertz CT molecular complexity index is 2100. The van der Waals surface area contributed by atoms with E-state index in [1.54, 1.807) is 36.7 Å². The molecule has 13 heteroatoms. The number of aromatic nitrogens is 5. The highest BCUT2D eigenvalue weighted by Crippen LogP contribution is 2.47. The average molecular weight is 637 g/mol. The lowest BCUT2D eigenvalue weighted by molar-refractivity contribution is 0.0928. The van der Waals surface area contributed by atoms with E-state index in [2.05, 4.69) is 35.3 Å². The number of carbonyl (C=O) groups is 2. The van der Waals surface area contributed by atoms with Gasteiger partial charge in [0.2, 0.25) is 10.0 Å². The molecule has 0 unspecified atom stereocenters. The van der Waals surface area contributed by atoms with Crippen LogP contribution in [0.3, 0.4) is 0 Å². The molecule has 5 aromatic rings. The fraction of sp³-hybridized carbons (Fsp3) is 0.303. The van der Waals surface area contributed by atoms with Crippen molar-refractivity contribution in [3.63, 3.8) is 0 Å². The Hall–Kier alpha value is -4.88. The number of hydrogen-bond donors (Lipinski definition) is 3. The first-order valence-corrected chi connectivity index (χ1v) is 16.7. The van der Waals surface area contributed by atoms with E-state index in [1.807, 2.05) is 19.9 Å². The van der Waals surface area contributed by atoms with Crippen LogP contribution >= 0.6 is 0 Å². The van der Waals surface area contributed by atoms with Crippen molar-refractivity contribution in [3.8, 4) is 0 Å². The van der Waals surface area contributed by atoms with Gasteiger partial charge in [0.15, 0.2) is 5.65 Å². The van der Waals surface area contributed by atoms with E-state index in [0.29, 0.717) is 50.1 Å². The number of pyridine rings is 3. The molecule has 12 nitrogen and oxygen atoms in total. The van der Waals surface area contributed by atoms with Gasteiger partial charge in [-0.05, 0) is 66.6 Å². The number of nitrogens with zero attached hydrogens (tertiary/aromatic N) is 5. The molecule has 4 heterocycles. The summed E-state index contributed by atoms with van der Waals surface area (Å²) in [5, 5.41) is 7.32. The van der Waals surface area contributed by atoms with Crippen molar-refractivity contribution in [2.45, 2.75) is 56.0 Å². The third kappa shape index (κ3) is 5.79. The van der Waals surface area contributed by atoms with Crippen molar-refractivity contribution < 1.29 is 18.0 Å². The van der Waals surface area contributed by atoms with E-state index in [0.717, 1.165) is 18.5 Å². The molecular formula is C33H32N8O4S. The Labute approximate surface area is 265 Å². The van der Waals surface area contributed by atoms with Crippen molar-refractivity contribution in [2.75, 3.05) is 6.54 Å². The molecule has 4 aromatic heterocycles. The summed E-state index contributed by atoms with van der Waals surface area (Å²) in [4.78, 5) is 48.6. The minimum atomic E-state index is -3.94. The Morgan fingerprint density at radius 1 is 0.870 bits per heavy atom. The summed E-state index contributed by atoms with van der Waals surface area (Å²) in [6.07, 6.45) is 11.6. The number of rotatable bonds is 9. The molecule has 0 bridgehead atoms. The van der Waals surface area contributed by atoms with Crippen molar-refractivity contribution in [1.29, 1.82) is 0 Å². The zero-order valence-corrected chi connectivity index (χ0v) is 26.1. The molecule has 3 N–H and O–H groups in total. The molecule has 234 valence electrons. The maximum Gasteiger partial charge on any atom is 0.253 e. The highest BCUT2D eigenvalue weighted by Gasteiger charge is 2.38. The molecule has 0 radical (unpaired) electrons. The second kappa shape index (κ2) is 11.8. The molecule has 2 aliphatic rings. The number of fused-ring (bicyclic) bond motifs is 4. The number of benzene rings is 1. The summed E-state index contributed by atoms with van der Waals surface area (Å²) < 4.78 is 30.4. The summed E-state index contributed by atoms with van der Waals surface area (Å²) in [7, 11) is -3.94. The number of nitrogens with one attached hydrogen (secondary N) is 3. The highest BCUT2D eigenvalue weighted by atomic mass is 32.2. The minimum absolute atomic E-state index is 0.0980. The lowest BCUT2D eigenvalue weighted by atomic mass is 9.98. The number of carbonyl (C=O) groups excluding carboxylic acids is 2. The van der Waals surface area contributed by atoms with Gasteiger partial charge in [-0.2, -0.15) is 0 Å². The van der Waals surface area contributed by atoms with E-state index in [4.69, 9.17) is 4.98 Å².